The number of carboxylic acid groups (broad SMARTS) is 1. The molecule has 0 radical (unpaired) electrons. The van der Waals surface area contributed by atoms with Crippen LogP contribution in [-0.4, -0.2) is 46.5 Å². The molecule has 2 heterocycles. The molecule has 0 aliphatic carbocycles. The summed E-state index contributed by atoms with van der Waals surface area (Å²) in [5, 5.41) is 10.9. The third-order valence-corrected chi connectivity index (χ3v) is 8.33. The van der Waals surface area contributed by atoms with Gasteiger partial charge in [-0.2, -0.15) is 13.2 Å². The minimum Gasteiger partial charge on any atom is -0.493 e. The van der Waals surface area contributed by atoms with Gasteiger partial charge in [-0.15, -0.1) is 11.3 Å². The van der Waals surface area contributed by atoms with E-state index in [-0.39, 0.29) is 29.5 Å². The molecule has 1 fully saturated rings. The molecule has 0 saturated carbocycles. The molecule has 1 N–H and O–H groups in total. The predicted molar refractivity (Wildman–Crippen MR) is 154 cm³/mol. The maximum absolute atomic E-state index is 13.2. The van der Waals surface area contributed by atoms with Crippen LogP contribution in [0.1, 0.15) is 22.4 Å². The van der Waals surface area contributed by atoms with Crippen molar-refractivity contribution in [2.45, 2.75) is 19.0 Å². The second-order valence-corrected chi connectivity index (χ2v) is 11.5. The first-order valence-electron chi connectivity index (χ1n) is 11.7. The summed E-state index contributed by atoms with van der Waals surface area (Å²) in [5.41, 5.74) is 0.543. The molecule has 4 rings (SSSR count). The number of halogens is 4. The summed E-state index contributed by atoms with van der Waals surface area (Å²) in [6, 6.07) is 9.73. The SMILES string of the molecule is COc1ccc(CC(=O)O)cc1OCCCN1C(=O)/C(=C/c2cc(-c3cc(C(F)(F)F)ccc3Cl)cs2)SC1=S. The molecule has 3 aromatic rings. The number of hydrogen-bond acceptors (Lipinski definition) is 7. The highest BCUT2D eigenvalue weighted by Gasteiger charge is 2.32. The lowest BCUT2D eigenvalue weighted by Crippen LogP contribution is -2.29. The standard InChI is InChI=1S/C27H21ClF3NO5S3/c1-36-21-6-3-15(10-24(33)34)9-22(21)37-8-2-7-32-25(35)23(40-26(32)38)13-18-11-16(14-39-18)19-12-17(27(29,30)31)4-5-20(19)28/h3-6,9,11-14H,2,7-8,10H2,1H3,(H,33,34)/b23-13-. The molecule has 1 aliphatic heterocycles. The van der Waals surface area contributed by atoms with Gasteiger partial charge in [0.2, 0.25) is 0 Å². The van der Waals surface area contributed by atoms with Gasteiger partial charge >= 0.3 is 12.1 Å². The van der Waals surface area contributed by atoms with Crippen molar-refractivity contribution in [1.82, 2.24) is 4.90 Å². The van der Waals surface area contributed by atoms with E-state index >= 15 is 0 Å². The van der Waals surface area contributed by atoms with Crippen molar-refractivity contribution in [1.29, 1.82) is 0 Å². The molecule has 13 heteroatoms. The lowest BCUT2D eigenvalue weighted by Gasteiger charge is -2.16. The highest BCUT2D eigenvalue weighted by atomic mass is 35.5. The van der Waals surface area contributed by atoms with E-state index in [4.69, 9.17) is 38.4 Å². The summed E-state index contributed by atoms with van der Waals surface area (Å²) in [6.07, 6.45) is -2.54. The largest absolute Gasteiger partial charge is 0.493 e. The Hall–Kier alpha value is -3.06. The number of benzene rings is 2. The van der Waals surface area contributed by atoms with E-state index < -0.39 is 17.7 Å². The third kappa shape index (κ3) is 7.17. The zero-order valence-corrected chi connectivity index (χ0v) is 24.0. The van der Waals surface area contributed by atoms with Gasteiger partial charge in [0.05, 0.1) is 30.6 Å². The molecule has 0 unspecified atom stereocenters. The lowest BCUT2D eigenvalue weighted by molar-refractivity contribution is -0.138. The molecule has 2 aromatic carbocycles. The van der Waals surface area contributed by atoms with Crippen LogP contribution in [0.25, 0.3) is 17.2 Å². The number of aliphatic carboxylic acids is 1. The number of rotatable bonds is 10. The molecule has 0 atom stereocenters. The molecule has 40 heavy (non-hydrogen) atoms. The molecule has 0 bridgehead atoms. The maximum Gasteiger partial charge on any atom is 0.416 e. The van der Waals surface area contributed by atoms with Crippen molar-refractivity contribution in [2.24, 2.45) is 0 Å². The van der Waals surface area contributed by atoms with Gasteiger partial charge in [0.1, 0.15) is 4.32 Å². The van der Waals surface area contributed by atoms with Gasteiger partial charge in [0, 0.05) is 22.0 Å². The van der Waals surface area contributed by atoms with E-state index in [1.165, 1.54) is 29.4 Å². The summed E-state index contributed by atoms with van der Waals surface area (Å²) in [7, 11) is 1.48. The van der Waals surface area contributed by atoms with Crippen LogP contribution in [0.3, 0.4) is 0 Å². The van der Waals surface area contributed by atoms with Crippen LogP contribution in [0.5, 0.6) is 11.5 Å². The van der Waals surface area contributed by atoms with Crippen LogP contribution in [0.15, 0.2) is 52.7 Å². The van der Waals surface area contributed by atoms with Gasteiger partial charge in [-0.3, -0.25) is 14.5 Å². The van der Waals surface area contributed by atoms with Crippen LogP contribution >= 0.6 is 46.9 Å². The quantitative estimate of drug-likeness (QED) is 0.143. The normalized spacial score (nSPS) is 14.7. The Balaban J connectivity index is 1.39. The Morgan fingerprint density at radius 1 is 1.18 bits per heavy atom. The number of alkyl halides is 3. The van der Waals surface area contributed by atoms with Gasteiger partial charge < -0.3 is 14.6 Å². The van der Waals surface area contributed by atoms with Crippen LogP contribution in [0, 0.1) is 0 Å². The number of methoxy groups -OCH3 is 1. The zero-order valence-electron chi connectivity index (χ0n) is 20.8. The van der Waals surface area contributed by atoms with Gasteiger partial charge in [-0.25, -0.2) is 0 Å². The van der Waals surface area contributed by atoms with Crippen LogP contribution in [0.4, 0.5) is 13.2 Å². The van der Waals surface area contributed by atoms with Crippen molar-refractivity contribution in [3.8, 4) is 22.6 Å². The molecular formula is C27H21ClF3NO5S3. The second kappa shape index (κ2) is 12.6. The Morgan fingerprint density at radius 3 is 2.65 bits per heavy atom. The first kappa shape index (κ1) is 29.9. The summed E-state index contributed by atoms with van der Waals surface area (Å²) in [6.45, 7) is 0.531. The zero-order chi connectivity index (χ0) is 29.0. The number of amides is 1. The Morgan fingerprint density at radius 2 is 1.95 bits per heavy atom. The topological polar surface area (TPSA) is 76.1 Å². The summed E-state index contributed by atoms with van der Waals surface area (Å²) >= 11 is 14.0. The van der Waals surface area contributed by atoms with E-state index in [0.717, 1.165) is 23.9 Å². The lowest BCUT2D eigenvalue weighted by atomic mass is 10.1. The number of carboxylic acids is 1. The fourth-order valence-electron chi connectivity index (χ4n) is 3.84. The highest BCUT2D eigenvalue weighted by molar-refractivity contribution is 8.26. The van der Waals surface area contributed by atoms with Gasteiger partial charge in [0.15, 0.2) is 11.5 Å². The number of ether oxygens (including phenoxy) is 2. The Labute approximate surface area is 246 Å². The molecule has 1 aromatic heterocycles. The van der Waals surface area contributed by atoms with Crippen LogP contribution < -0.4 is 9.47 Å². The molecule has 1 saturated heterocycles. The number of carbonyl (C=O) groups is 2. The van der Waals surface area contributed by atoms with Crippen molar-refractivity contribution < 1.29 is 37.3 Å². The fraction of sp³-hybridized carbons (Fsp3) is 0.222. The van der Waals surface area contributed by atoms with E-state index in [0.29, 0.717) is 49.7 Å². The minimum absolute atomic E-state index is 0.151. The van der Waals surface area contributed by atoms with Crippen molar-refractivity contribution >= 4 is 69.2 Å². The number of hydrogen-bond donors (Lipinski definition) is 1. The smallest absolute Gasteiger partial charge is 0.416 e. The first-order chi connectivity index (χ1) is 19.0. The van der Waals surface area contributed by atoms with E-state index in [2.05, 4.69) is 0 Å². The summed E-state index contributed by atoms with van der Waals surface area (Å²) in [4.78, 5) is 26.5. The molecule has 1 aliphatic rings. The maximum atomic E-state index is 13.2. The van der Waals surface area contributed by atoms with E-state index in [1.54, 1.807) is 35.7 Å². The predicted octanol–water partition coefficient (Wildman–Crippen LogP) is 7.39. The minimum atomic E-state index is -4.49. The van der Waals surface area contributed by atoms with Crippen LogP contribution in [-0.2, 0) is 22.2 Å². The monoisotopic (exact) mass is 627 g/mol. The highest BCUT2D eigenvalue weighted by Crippen LogP contribution is 2.39. The van der Waals surface area contributed by atoms with Crippen molar-refractivity contribution in [3.63, 3.8) is 0 Å². The average Bonchev–Trinajstić information content (AvgIpc) is 3.45. The summed E-state index contributed by atoms with van der Waals surface area (Å²) < 4.78 is 50.9. The second-order valence-electron chi connectivity index (χ2n) is 8.52. The van der Waals surface area contributed by atoms with Crippen molar-refractivity contribution in [2.75, 3.05) is 20.3 Å². The van der Waals surface area contributed by atoms with Crippen molar-refractivity contribution in [3.05, 3.63) is 73.8 Å². The summed E-state index contributed by atoms with van der Waals surface area (Å²) in [5.74, 6) is -0.370. The first-order valence-corrected chi connectivity index (χ1v) is 14.2. The average molecular weight is 628 g/mol. The molecule has 1 amide bonds. The van der Waals surface area contributed by atoms with Crippen LogP contribution in [0.2, 0.25) is 5.02 Å². The number of carbonyl (C=O) groups excluding carboxylic acids is 1. The van der Waals surface area contributed by atoms with Gasteiger partial charge in [-0.05, 0) is 65.4 Å². The van der Waals surface area contributed by atoms with E-state index in [1.807, 2.05) is 0 Å². The number of thiophene rings is 1. The number of thioether (sulfide) groups is 1. The molecule has 0 spiro atoms. The van der Waals surface area contributed by atoms with Gasteiger partial charge in [-0.1, -0.05) is 41.6 Å². The number of nitrogens with zero attached hydrogens (tertiary/aromatic N) is 1. The fourth-order valence-corrected chi connectivity index (χ4v) is 6.28. The van der Waals surface area contributed by atoms with Gasteiger partial charge in [0.25, 0.3) is 5.91 Å². The third-order valence-electron chi connectivity index (χ3n) is 5.74. The van der Waals surface area contributed by atoms with E-state index in [9.17, 15) is 22.8 Å². The molecule has 6 nitrogen and oxygen atoms in total. The molecular weight excluding hydrogens is 607 g/mol. The Bertz CT molecular complexity index is 1490. The molecule has 210 valence electrons. The Kier molecular flexibility index (Phi) is 9.44. The number of thiocarbonyl (C=S) groups is 1.